The van der Waals surface area contributed by atoms with Crippen molar-refractivity contribution in [3.05, 3.63) is 0 Å². The number of rotatable bonds is 4. The predicted octanol–water partition coefficient (Wildman–Crippen LogP) is 0.792. The molecule has 98 valence electrons. The van der Waals surface area contributed by atoms with E-state index in [2.05, 4.69) is 0 Å². The van der Waals surface area contributed by atoms with E-state index in [4.69, 9.17) is 5.11 Å². The monoisotopic (exact) mass is 242 g/mol. The molecule has 0 aromatic carbocycles. The number of carbonyl (C=O) groups excluding carboxylic acids is 1. The Morgan fingerprint density at radius 2 is 2.06 bits per heavy atom. The van der Waals surface area contributed by atoms with Crippen LogP contribution < -0.4 is 0 Å². The van der Waals surface area contributed by atoms with Gasteiger partial charge in [0.25, 0.3) is 0 Å². The van der Waals surface area contributed by atoms with Crippen molar-refractivity contribution >= 4 is 11.9 Å². The van der Waals surface area contributed by atoms with Crippen molar-refractivity contribution in [1.82, 2.24) is 9.80 Å². The highest BCUT2D eigenvalue weighted by Gasteiger charge is 2.36. The molecule has 1 saturated heterocycles. The van der Waals surface area contributed by atoms with Gasteiger partial charge in [-0.3, -0.25) is 14.5 Å². The molecule has 5 nitrogen and oxygen atoms in total. The van der Waals surface area contributed by atoms with Crippen LogP contribution in [0.1, 0.15) is 33.1 Å². The van der Waals surface area contributed by atoms with Crippen molar-refractivity contribution in [2.75, 3.05) is 20.6 Å². The molecule has 0 radical (unpaired) electrons. The maximum Gasteiger partial charge on any atom is 0.305 e. The number of hydrogen-bond donors (Lipinski definition) is 1. The van der Waals surface area contributed by atoms with Crippen molar-refractivity contribution in [3.8, 4) is 0 Å². The predicted molar refractivity (Wildman–Crippen MR) is 64.8 cm³/mol. The summed E-state index contributed by atoms with van der Waals surface area (Å²) in [5, 5.41) is 8.85. The van der Waals surface area contributed by atoms with Crippen LogP contribution in [0.2, 0.25) is 0 Å². The van der Waals surface area contributed by atoms with E-state index in [1.165, 1.54) is 0 Å². The van der Waals surface area contributed by atoms with Crippen LogP contribution in [0.5, 0.6) is 0 Å². The molecule has 1 fully saturated rings. The fraction of sp³-hybridized carbons (Fsp3) is 0.833. The van der Waals surface area contributed by atoms with Gasteiger partial charge in [-0.15, -0.1) is 0 Å². The molecule has 1 heterocycles. The molecule has 0 bridgehead atoms. The van der Waals surface area contributed by atoms with Crippen LogP contribution in [0, 0.1) is 0 Å². The first-order valence-electron chi connectivity index (χ1n) is 5.95. The molecule has 1 rings (SSSR count). The lowest BCUT2D eigenvalue weighted by Gasteiger charge is -2.37. The molecule has 1 aliphatic heterocycles. The Bertz CT molecular complexity index is 315. The van der Waals surface area contributed by atoms with Crippen LogP contribution in [-0.2, 0) is 9.59 Å². The topological polar surface area (TPSA) is 60.9 Å². The molecule has 1 atom stereocenters. The van der Waals surface area contributed by atoms with Gasteiger partial charge in [0, 0.05) is 12.6 Å². The molecule has 0 saturated carbocycles. The summed E-state index contributed by atoms with van der Waals surface area (Å²) in [5.74, 6) is -0.856. The van der Waals surface area contributed by atoms with Crippen LogP contribution in [-0.4, -0.2) is 59.0 Å². The standard InChI is InChI=1S/C12H22N2O3/c1-12(2,8-10(15)16)14(4)11(17)9-6-5-7-13(9)3/h9H,5-8H2,1-4H3,(H,15,16). The molecule has 1 amide bonds. The Balaban J connectivity index is 2.71. The third-order valence-electron chi connectivity index (χ3n) is 3.63. The number of carbonyl (C=O) groups is 2. The quantitative estimate of drug-likeness (QED) is 0.792. The van der Waals surface area contributed by atoms with E-state index < -0.39 is 11.5 Å². The molecule has 17 heavy (non-hydrogen) atoms. The van der Waals surface area contributed by atoms with E-state index in [0.29, 0.717) is 0 Å². The first-order valence-corrected chi connectivity index (χ1v) is 5.95. The van der Waals surface area contributed by atoms with Gasteiger partial charge in [-0.2, -0.15) is 0 Å². The van der Waals surface area contributed by atoms with Crippen LogP contribution in [0.25, 0.3) is 0 Å². The number of likely N-dealkylation sites (tertiary alicyclic amines) is 1. The lowest BCUT2D eigenvalue weighted by atomic mass is 9.97. The number of likely N-dealkylation sites (N-methyl/N-ethyl adjacent to an activating group) is 2. The molecule has 0 aliphatic carbocycles. The van der Waals surface area contributed by atoms with Gasteiger partial charge in [0.2, 0.25) is 5.91 Å². The van der Waals surface area contributed by atoms with Gasteiger partial charge in [0.1, 0.15) is 0 Å². The first kappa shape index (κ1) is 14.0. The Kier molecular flexibility index (Phi) is 4.14. The zero-order chi connectivity index (χ0) is 13.2. The minimum Gasteiger partial charge on any atom is -0.481 e. The number of carboxylic acid groups (broad SMARTS) is 1. The van der Waals surface area contributed by atoms with Crippen molar-refractivity contribution in [2.24, 2.45) is 0 Å². The fourth-order valence-corrected chi connectivity index (χ4v) is 2.23. The van der Waals surface area contributed by atoms with E-state index >= 15 is 0 Å². The highest BCUT2D eigenvalue weighted by atomic mass is 16.4. The van der Waals surface area contributed by atoms with Gasteiger partial charge in [0.15, 0.2) is 0 Å². The Morgan fingerprint density at radius 3 is 2.47 bits per heavy atom. The largest absolute Gasteiger partial charge is 0.481 e. The van der Waals surface area contributed by atoms with Gasteiger partial charge in [0.05, 0.1) is 12.5 Å². The van der Waals surface area contributed by atoms with Crippen molar-refractivity contribution in [1.29, 1.82) is 0 Å². The minimum absolute atomic E-state index is 0.0243. The SMILES string of the molecule is CN1CCCC1C(=O)N(C)C(C)(C)CC(=O)O. The highest BCUT2D eigenvalue weighted by Crippen LogP contribution is 2.23. The number of amides is 1. The zero-order valence-corrected chi connectivity index (χ0v) is 11.1. The summed E-state index contributed by atoms with van der Waals surface area (Å²) in [5.41, 5.74) is -0.646. The second-order valence-corrected chi connectivity index (χ2v) is 5.42. The highest BCUT2D eigenvalue weighted by molar-refractivity contribution is 5.83. The summed E-state index contributed by atoms with van der Waals surface area (Å²) in [6.45, 7) is 4.51. The molecule has 0 aromatic heterocycles. The van der Waals surface area contributed by atoms with Crippen molar-refractivity contribution in [3.63, 3.8) is 0 Å². The summed E-state index contributed by atoms with van der Waals surface area (Å²) in [4.78, 5) is 26.7. The van der Waals surface area contributed by atoms with Crippen LogP contribution in [0.3, 0.4) is 0 Å². The molecule has 1 aliphatic rings. The number of aliphatic carboxylic acids is 1. The lowest BCUT2D eigenvalue weighted by Crippen LogP contribution is -2.52. The van der Waals surface area contributed by atoms with Crippen molar-refractivity contribution in [2.45, 2.75) is 44.7 Å². The van der Waals surface area contributed by atoms with Crippen LogP contribution in [0.15, 0.2) is 0 Å². The molecule has 5 heteroatoms. The minimum atomic E-state index is -0.880. The Hall–Kier alpha value is -1.10. The van der Waals surface area contributed by atoms with E-state index in [0.717, 1.165) is 19.4 Å². The summed E-state index contributed by atoms with van der Waals surface area (Å²) < 4.78 is 0. The molecular formula is C12H22N2O3. The summed E-state index contributed by atoms with van der Waals surface area (Å²) in [7, 11) is 3.63. The second kappa shape index (κ2) is 5.04. The summed E-state index contributed by atoms with van der Waals surface area (Å²) in [6, 6.07) is -0.0898. The lowest BCUT2D eigenvalue weighted by molar-refractivity contribution is -0.144. The van der Waals surface area contributed by atoms with Crippen molar-refractivity contribution < 1.29 is 14.7 Å². The maximum atomic E-state index is 12.3. The van der Waals surface area contributed by atoms with Crippen LogP contribution in [0.4, 0.5) is 0 Å². The first-order chi connectivity index (χ1) is 7.75. The fourth-order valence-electron chi connectivity index (χ4n) is 2.23. The Labute approximate surface area is 102 Å². The third kappa shape index (κ3) is 3.19. The van der Waals surface area contributed by atoms with Gasteiger partial charge in [-0.1, -0.05) is 0 Å². The van der Waals surface area contributed by atoms with E-state index in [9.17, 15) is 9.59 Å². The molecular weight excluding hydrogens is 220 g/mol. The average molecular weight is 242 g/mol. The number of hydrogen-bond acceptors (Lipinski definition) is 3. The van der Waals surface area contributed by atoms with E-state index in [1.807, 2.05) is 11.9 Å². The molecule has 0 aromatic rings. The van der Waals surface area contributed by atoms with Crippen LogP contribution >= 0.6 is 0 Å². The normalized spacial score (nSPS) is 21.5. The molecule has 1 N–H and O–H groups in total. The van der Waals surface area contributed by atoms with Gasteiger partial charge >= 0.3 is 5.97 Å². The molecule has 1 unspecified atom stereocenters. The Morgan fingerprint density at radius 1 is 1.47 bits per heavy atom. The van der Waals surface area contributed by atoms with Gasteiger partial charge in [-0.25, -0.2) is 0 Å². The second-order valence-electron chi connectivity index (χ2n) is 5.42. The number of nitrogens with zero attached hydrogens (tertiary/aromatic N) is 2. The summed E-state index contributed by atoms with van der Waals surface area (Å²) >= 11 is 0. The third-order valence-corrected chi connectivity index (χ3v) is 3.63. The van der Waals surface area contributed by atoms with Gasteiger partial charge in [-0.05, 0) is 40.3 Å². The van der Waals surface area contributed by atoms with E-state index in [1.54, 1.807) is 25.8 Å². The molecule has 0 spiro atoms. The zero-order valence-electron chi connectivity index (χ0n) is 11.1. The van der Waals surface area contributed by atoms with E-state index in [-0.39, 0.29) is 18.4 Å². The maximum absolute atomic E-state index is 12.3. The average Bonchev–Trinajstić information content (AvgIpc) is 2.60. The smallest absolute Gasteiger partial charge is 0.305 e. The summed E-state index contributed by atoms with van der Waals surface area (Å²) in [6.07, 6.45) is 1.86. The van der Waals surface area contributed by atoms with Gasteiger partial charge < -0.3 is 10.0 Å². The number of carboxylic acids is 1.